The van der Waals surface area contributed by atoms with Crippen LogP contribution in [0.1, 0.15) is 46.5 Å². The van der Waals surface area contributed by atoms with Gasteiger partial charge in [0.15, 0.2) is 0 Å². The molecule has 2 heterocycles. The highest BCUT2D eigenvalue weighted by Gasteiger charge is 2.62. The lowest BCUT2D eigenvalue weighted by Crippen LogP contribution is -2.60. The monoisotopic (exact) mass is 655 g/mol. The maximum absolute atomic E-state index is 14.1. The number of nitrogens with zero attached hydrogens (tertiary/aromatic N) is 2. The van der Waals surface area contributed by atoms with Crippen molar-refractivity contribution in [1.29, 1.82) is 0 Å². The maximum atomic E-state index is 14.1. The van der Waals surface area contributed by atoms with Crippen LogP contribution in [0, 0.1) is 17.3 Å². The van der Waals surface area contributed by atoms with Crippen molar-refractivity contribution >= 4 is 44.7 Å². The van der Waals surface area contributed by atoms with Gasteiger partial charge >= 0.3 is 6.09 Å². The Morgan fingerprint density at radius 1 is 1.17 bits per heavy atom. The number of fused-ring (bicyclic) bond motifs is 1. The summed E-state index contributed by atoms with van der Waals surface area (Å²) in [5, 5.41) is 5.59. The number of nitrogens with one attached hydrogen (secondary N) is 3. The Morgan fingerprint density at radius 3 is 2.52 bits per heavy atom. The number of pyridine rings is 1. The highest BCUT2D eigenvalue weighted by atomic mass is 32.2. The molecule has 46 heavy (non-hydrogen) atoms. The second-order valence-electron chi connectivity index (χ2n) is 13.4. The minimum atomic E-state index is -3.86. The number of carbonyl (C=O) groups excluding carboxylic acids is 4. The topological polar surface area (TPSA) is 173 Å². The number of methoxy groups -OCH3 is 1. The molecular weight excluding hydrogens is 614 g/mol. The number of aromatic nitrogens is 1. The first-order valence-corrected chi connectivity index (χ1v) is 16.9. The van der Waals surface area contributed by atoms with Crippen LogP contribution >= 0.6 is 0 Å². The minimum Gasteiger partial charge on any atom is -0.492 e. The minimum absolute atomic E-state index is 0.134. The normalized spacial score (nSPS) is 24.9. The lowest BCUT2D eigenvalue weighted by molar-refractivity contribution is -0.142. The van der Waals surface area contributed by atoms with Crippen molar-refractivity contribution in [3.05, 3.63) is 49.2 Å². The number of alkyl carbamates (subject to hydrolysis) is 1. The molecule has 3 N–H and O–H groups in total. The van der Waals surface area contributed by atoms with Crippen LogP contribution < -0.4 is 20.1 Å². The molecule has 0 bridgehead atoms. The number of hydrogen-bond donors (Lipinski definition) is 3. The van der Waals surface area contributed by atoms with Crippen LogP contribution in [-0.4, -0.2) is 85.3 Å². The van der Waals surface area contributed by atoms with E-state index >= 15 is 0 Å². The summed E-state index contributed by atoms with van der Waals surface area (Å²) in [4.78, 5) is 59.4. The van der Waals surface area contributed by atoms with Gasteiger partial charge in [-0.2, -0.15) is 0 Å². The van der Waals surface area contributed by atoms with E-state index in [1.54, 1.807) is 33.0 Å². The summed E-state index contributed by atoms with van der Waals surface area (Å²) in [5.41, 5.74) is -1.50. The first-order valence-electron chi connectivity index (χ1n) is 15.3. The van der Waals surface area contributed by atoms with Crippen LogP contribution in [0.15, 0.2) is 49.2 Å². The molecule has 0 spiro atoms. The fraction of sp³-hybridized carbons (Fsp3) is 0.531. The zero-order valence-electron chi connectivity index (χ0n) is 26.4. The Kier molecular flexibility index (Phi) is 9.04. The summed E-state index contributed by atoms with van der Waals surface area (Å²) in [6.07, 6.45) is 3.67. The molecule has 5 rings (SSSR count). The first kappa shape index (κ1) is 33.2. The molecule has 14 heteroatoms. The number of benzene rings is 1. The molecule has 13 nitrogen and oxygen atoms in total. The highest BCUT2D eigenvalue weighted by Crippen LogP contribution is 2.45. The molecule has 3 fully saturated rings. The Balaban J connectivity index is 1.39. The van der Waals surface area contributed by atoms with Crippen LogP contribution in [-0.2, 0) is 29.1 Å². The Labute approximate surface area is 268 Å². The Bertz CT molecular complexity index is 1650. The molecule has 3 aliphatic rings. The molecule has 4 amide bonds. The fourth-order valence-electron chi connectivity index (χ4n) is 5.95. The largest absolute Gasteiger partial charge is 0.492 e. The van der Waals surface area contributed by atoms with Gasteiger partial charge < -0.3 is 25.0 Å². The SMILES string of the molecule is C=C[C@@H]1C[C@]1(NC(=O)[C@@H]1C[C@@H](COc2ccnc3ccccc23)CN1C(=O)[C@@H](NC(=O)OC)C(C)(C)C)C(=O)NS(=O)(=O)C1CC1. The molecule has 2 saturated carbocycles. The third kappa shape index (κ3) is 6.81. The van der Waals surface area contributed by atoms with E-state index in [9.17, 15) is 27.6 Å². The highest BCUT2D eigenvalue weighted by molar-refractivity contribution is 7.91. The number of ether oxygens (including phenoxy) is 2. The summed E-state index contributed by atoms with van der Waals surface area (Å²) in [5.74, 6) is -2.10. The van der Waals surface area contributed by atoms with Crippen LogP contribution in [0.5, 0.6) is 5.75 Å². The van der Waals surface area contributed by atoms with E-state index in [4.69, 9.17) is 9.47 Å². The molecule has 5 atom stereocenters. The van der Waals surface area contributed by atoms with Gasteiger partial charge in [0.25, 0.3) is 5.91 Å². The van der Waals surface area contributed by atoms with Gasteiger partial charge in [-0.05, 0) is 49.3 Å². The first-order chi connectivity index (χ1) is 21.7. The standard InChI is InChI=1S/C32H41N5O8S/c1-6-20-16-32(20,29(40)36-46(42,43)21-11-12-21)35-27(38)24-15-19(18-45-25-13-14-33-23-10-8-7-9-22(23)25)17-37(24)28(39)26(31(2,3)4)34-30(41)44-5/h6-10,13-14,19-21,24,26H,1,11-12,15-18H2,2-5H3,(H,34,41)(H,35,38)(H,36,40)/t19-,20-,24+,26-,32-/m1/s1. The average molecular weight is 656 g/mol. The van der Waals surface area contributed by atoms with Gasteiger partial charge in [0.05, 0.1) is 24.5 Å². The van der Waals surface area contributed by atoms with E-state index in [1.165, 1.54) is 18.1 Å². The molecule has 2 aliphatic carbocycles. The number of rotatable bonds is 11. The summed E-state index contributed by atoms with van der Waals surface area (Å²) in [6.45, 7) is 9.40. The Hall–Kier alpha value is -4.20. The third-order valence-corrected chi connectivity index (χ3v) is 10.7. The molecule has 0 radical (unpaired) electrons. The van der Waals surface area contributed by atoms with E-state index in [0.717, 1.165) is 10.9 Å². The molecule has 0 unspecified atom stereocenters. The van der Waals surface area contributed by atoms with Gasteiger partial charge in [0.1, 0.15) is 23.4 Å². The molecule has 1 aliphatic heterocycles. The molecule has 1 aromatic heterocycles. The van der Waals surface area contributed by atoms with Crippen molar-refractivity contribution < 1.29 is 37.1 Å². The van der Waals surface area contributed by atoms with E-state index in [0.29, 0.717) is 18.6 Å². The van der Waals surface area contributed by atoms with Gasteiger partial charge in [-0.25, -0.2) is 13.2 Å². The number of hydrogen-bond acceptors (Lipinski definition) is 9. The average Bonchev–Trinajstić information content (AvgIpc) is 3.94. The molecule has 1 saturated heterocycles. The molecule has 1 aromatic carbocycles. The van der Waals surface area contributed by atoms with Gasteiger partial charge in [0, 0.05) is 30.0 Å². The number of para-hydroxylation sites is 1. The number of sulfonamides is 1. The summed E-state index contributed by atoms with van der Waals surface area (Å²) in [7, 11) is -2.67. The van der Waals surface area contributed by atoms with E-state index in [-0.39, 0.29) is 31.9 Å². The number of carbonyl (C=O) groups is 4. The second kappa shape index (κ2) is 12.5. The lowest BCUT2D eigenvalue weighted by atomic mass is 9.85. The maximum Gasteiger partial charge on any atom is 0.407 e. The summed E-state index contributed by atoms with van der Waals surface area (Å²) in [6, 6.07) is 7.20. The van der Waals surface area contributed by atoms with Crippen molar-refractivity contribution in [3.63, 3.8) is 0 Å². The van der Waals surface area contributed by atoms with Crippen molar-refractivity contribution in [1.82, 2.24) is 25.2 Å². The van der Waals surface area contributed by atoms with Crippen LogP contribution in [0.3, 0.4) is 0 Å². The van der Waals surface area contributed by atoms with Gasteiger partial charge in [-0.15, -0.1) is 6.58 Å². The predicted octanol–water partition coefficient (Wildman–Crippen LogP) is 2.27. The summed E-state index contributed by atoms with van der Waals surface area (Å²) >= 11 is 0. The fourth-order valence-corrected chi connectivity index (χ4v) is 7.31. The quantitative estimate of drug-likeness (QED) is 0.307. The zero-order chi connectivity index (χ0) is 33.4. The van der Waals surface area contributed by atoms with Crippen LogP contribution in [0.2, 0.25) is 0 Å². The lowest BCUT2D eigenvalue weighted by Gasteiger charge is -2.35. The van der Waals surface area contributed by atoms with Crippen molar-refractivity contribution in [2.75, 3.05) is 20.3 Å². The zero-order valence-corrected chi connectivity index (χ0v) is 27.3. The molecular formula is C32H41N5O8S. The molecule has 248 valence electrons. The summed E-state index contributed by atoms with van der Waals surface area (Å²) < 4.78 is 38.2. The van der Waals surface area contributed by atoms with Crippen molar-refractivity contribution in [3.8, 4) is 5.75 Å². The number of likely N-dealkylation sites (tertiary alicyclic amines) is 1. The van der Waals surface area contributed by atoms with Gasteiger partial charge in [0.2, 0.25) is 21.8 Å². The Morgan fingerprint density at radius 2 is 1.89 bits per heavy atom. The second-order valence-corrected chi connectivity index (χ2v) is 15.3. The molecule has 2 aromatic rings. The predicted molar refractivity (Wildman–Crippen MR) is 169 cm³/mol. The van der Waals surface area contributed by atoms with Gasteiger partial charge in [-0.1, -0.05) is 39.0 Å². The van der Waals surface area contributed by atoms with E-state index < -0.39 is 68.0 Å². The van der Waals surface area contributed by atoms with Crippen LogP contribution in [0.25, 0.3) is 10.9 Å². The van der Waals surface area contributed by atoms with Crippen LogP contribution in [0.4, 0.5) is 4.79 Å². The van der Waals surface area contributed by atoms with E-state index in [2.05, 4.69) is 26.9 Å². The van der Waals surface area contributed by atoms with Gasteiger partial charge in [-0.3, -0.25) is 24.1 Å². The van der Waals surface area contributed by atoms with E-state index in [1.807, 2.05) is 24.3 Å². The number of amides is 4. The smallest absolute Gasteiger partial charge is 0.407 e. The van der Waals surface area contributed by atoms with Crippen molar-refractivity contribution in [2.24, 2.45) is 17.3 Å². The van der Waals surface area contributed by atoms with Crippen molar-refractivity contribution in [2.45, 2.75) is 69.3 Å². The third-order valence-electron chi connectivity index (χ3n) is 8.87.